The third kappa shape index (κ3) is 2.26. The second kappa shape index (κ2) is 4.88. The summed E-state index contributed by atoms with van der Waals surface area (Å²) in [5, 5.41) is 6.80. The van der Waals surface area contributed by atoms with E-state index in [2.05, 4.69) is 67.5 Å². The molecule has 0 amide bonds. The van der Waals surface area contributed by atoms with Crippen molar-refractivity contribution in [3.05, 3.63) is 71.3 Å². The minimum atomic E-state index is 0.358. The van der Waals surface area contributed by atoms with Gasteiger partial charge in [0.05, 0.1) is 11.8 Å². The van der Waals surface area contributed by atoms with Gasteiger partial charge in [0, 0.05) is 13.5 Å². The maximum atomic E-state index is 4.71. The second-order valence-electron chi connectivity index (χ2n) is 5.06. The molecule has 2 aromatic rings. The minimum absolute atomic E-state index is 0.358. The molecule has 0 radical (unpaired) electrons. The van der Waals surface area contributed by atoms with Crippen LogP contribution in [-0.2, 0) is 0 Å². The summed E-state index contributed by atoms with van der Waals surface area (Å²) in [7, 11) is 2.06. The third-order valence-corrected chi connectivity index (χ3v) is 3.77. The zero-order valence-corrected chi connectivity index (χ0v) is 11.4. The Kier molecular flexibility index (Phi) is 3.08. The Labute approximate surface area is 114 Å². The van der Waals surface area contributed by atoms with E-state index in [-0.39, 0.29) is 0 Å². The standard InChI is InChI=1S/C17H18N2/c1-13-8-6-7-11-15(13)17-12-16(18-19(17)2)14-9-4-3-5-10-14/h3-11,17H,12H2,1-2H3. The average molecular weight is 250 g/mol. The number of aryl methyl sites for hydroxylation is 1. The molecule has 1 heterocycles. The number of hydrogen-bond donors (Lipinski definition) is 0. The summed E-state index contributed by atoms with van der Waals surface area (Å²) in [6.07, 6.45) is 0.978. The van der Waals surface area contributed by atoms with Gasteiger partial charge in [-0.05, 0) is 23.6 Å². The molecule has 0 saturated carbocycles. The van der Waals surface area contributed by atoms with Gasteiger partial charge in [-0.15, -0.1) is 0 Å². The van der Waals surface area contributed by atoms with Gasteiger partial charge in [0.15, 0.2) is 0 Å². The lowest BCUT2D eigenvalue weighted by Crippen LogP contribution is -2.14. The van der Waals surface area contributed by atoms with Crippen LogP contribution in [0, 0.1) is 6.92 Å². The molecular formula is C17H18N2. The molecular weight excluding hydrogens is 232 g/mol. The molecule has 1 aliphatic rings. The Hall–Kier alpha value is -2.09. The molecule has 0 spiro atoms. The van der Waals surface area contributed by atoms with Crippen LogP contribution in [0.15, 0.2) is 59.7 Å². The number of hydrogen-bond acceptors (Lipinski definition) is 2. The van der Waals surface area contributed by atoms with E-state index >= 15 is 0 Å². The first-order valence-corrected chi connectivity index (χ1v) is 6.67. The van der Waals surface area contributed by atoms with Gasteiger partial charge in [-0.25, -0.2) is 0 Å². The topological polar surface area (TPSA) is 15.6 Å². The van der Waals surface area contributed by atoms with E-state index in [1.807, 2.05) is 6.07 Å². The van der Waals surface area contributed by atoms with Crippen LogP contribution in [0.2, 0.25) is 0 Å². The van der Waals surface area contributed by atoms with E-state index in [1.165, 1.54) is 22.4 Å². The molecule has 1 aliphatic heterocycles. The van der Waals surface area contributed by atoms with Gasteiger partial charge in [-0.2, -0.15) is 5.10 Å². The van der Waals surface area contributed by atoms with Crippen LogP contribution < -0.4 is 0 Å². The predicted molar refractivity (Wildman–Crippen MR) is 79.3 cm³/mol. The lowest BCUT2D eigenvalue weighted by Gasteiger charge is -2.20. The molecule has 0 saturated heterocycles. The monoisotopic (exact) mass is 250 g/mol. The molecule has 0 aromatic heterocycles. The van der Waals surface area contributed by atoms with Gasteiger partial charge in [-0.1, -0.05) is 54.6 Å². The van der Waals surface area contributed by atoms with Crippen molar-refractivity contribution in [3.63, 3.8) is 0 Å². The second-order valence-corrected chi connectivity index (χ2v) is 5.06. The molecule has 0 bridgehead atoms. The van der Waals surface area contributed by atoms with E-state index in [1.54, 1.807) is 0 Å². The normalized spacial score (nSPS) is 18.5. The number of benzene rings is 2. The third-order valence-electron chi connectivity index (χ3n) is 3.77. The quantitative estimate of drug-likeness (QED) is 0.792. The average Bonchev–Trinajstić information content (AvgIpc) is 2.82. The largest absolute Gasteiger partial charge is 0.292 e. The smallest absolute Gasteiger partial charge is 0.0775 e. The first-order valence-electron chi connectivity index (χ1n) is 6.67. The summed E-state index contributed by atoms with van der Waals surface area (Å²) in [4.78, 5) is 0. The molecule has 2 heteroatoms. The highest BCUT2D eigenvalue weighted by atomic mass is 15.5. The Bertz CT molecular complexity index is 602. The summed E-state index contributed by atoms with van der Waals surface area (Å²) in [5.41, 5.74) is 5.12. The summed E-state index contributed by atoms with van der Waals surface area (Å²) in [6, 6.07) is 19.4. The fourth-order valence-electron chi connectivity index (χ4n) is 2.69. The van der Waals surface area contributed by atoms with E-state index in [0.29, 0.717) is 6.04 Å². The van der Waals surface area contributed by atoms with Crippen LogP contribution in [0.5, 0.6) is 0 Å². The summed E-state index contributed by atoms with van der Waals surface area (Å²) < 4.78 is 0. The van der Waals surface area contributed by atoms with Crippen molar-refractivity contribution in [1.29, 1.82) is 0 Å². The van der Waals surface area contributed by atoms with Crippen molar-refractivity contribution in [2.24, 2.45) is 5.10 Å². The fraction of sp³-hybridized carbons (Fsp3) is 0.235. The van der Waals surface area contributed by atoms with Crippen molar-refractivity contribution in [1.82, 2.24) is 5.01 Å². The molecule has 0 fully saturated rings. The maximum Gasteiger partial charge on any atom is 0.0775 e. The van der Waals surface area contributed by atoms with E-state index in [9.17, 15) is 0 Å². The van der Waals surface area contributed by atoms with Crippen LogP contribution in [0.25, 0.3) is 0 Å². The summed E-state index contributed by atoms with van der Waals surface area (Å²) >= 11 is 0. The van der Waals surface area contributed by atoms with Crippen molar-refractivity contribution in [2.75, 3.05) is 7.05 Å². The fourth-order valence-corrected chi connectivity index (χ4v) is 2.69. The Morgan fingerprint density at radius 2 is 1.68 bits per heavy atom. The molecule has 19 heavy (non-hydrogen) atoms. The van der Waals surface area contributed by atoms with E-state index in [0.717, 1.165) is 6.42 Å². The highest BCUT2D eigenvalue weighted by molar-refractivity contribution is 6.01. The van der Waals surface area contributed by atoms with E-state index < -0.39 is 0 Å². The molecule has 1 atom stereocenters. The minimum Gasteiger partial charge on any atom is -0.292 e. The summed E-state index contributed by atoms with van der Waals surface area (Å²) in [6.45, 7) is 2.17. The van der Waals surface area contributed by atoms with Crippen molar-refractivity contribution in [2.45, 2.75) is 19.4 Å². The van der Waals surface area contributed by atoms with Gasteiger partial charge < -0.3 is 0 Å². The lowest BCUT2D eigenvalue weighted by atomic mass is 9.95. The predicted octanol–water partition coefficient (Wildman–Crippen LogP) is 3.78. The molecule has 0 aliphatic carbocycles. The maximum absolute atomic E-state index is 4.71. The van der Waals surface area contributed by atoms with Gasteiger partial charge in [-0.3, -0.25) is 5.01 Å². The molecule has 2 aromatic carbocycles. The molecule has 0 N–H and O–H groups in total. The lowest BCUT2D eigenvalue weighted by molar-refractivity contribution is 0.289. The van der Waals surface area contributed by atoms with E-state index in [4.69, 9.17) is 5.10 Å². The van der Waals surface area contributed by atoms with Crippen LogP contribution >= 0.6 is 0 Å². The van der Waals surface area contributed by atoms with Crippen LogP contribution in [0.1, 0.15) is 29.2 Å². The highest BCUT2D eigenvalue weighted by Crippen LogP contribution is 2.32. The van der Waals surface area contributed by atoms with Gasteiger partial charge in [0.1, 0.15) is 0 Å². The van der Waals surface area contributed by atoms with Gasteiger partial charge in [0.2, 0.25) is 0 Å². The van der Waals surface area contributed by atoms with Crippen LogP contribution in [0.3, 0.4) is 0 Å². The number of hydrazone groups is 1. The van der Waals surface area contributed by atoms with Crippen molar-refractivity contribution >= 4 is 5.71 Å². The first-order chi connectivity index (χ1) is 9.25. The SMILES string of the molecule is Cc1ccccc1C1CC(c2ccccc2)=NN1C. The summed E-state index contributed by atoms with van der Waals surface area (Å²) in [5.74, 6) is 0. The highest BCUT2D eigenvalue weighted by Gasteiger charge is 2.26. The number of nitrogens with zero attached hydrogens (tertiary/aromatic N) is 2. The Morgan fingerprint density at radius 1 is 1.00 bits per heavy atom. The van der Waals surface area contributed by atoms with Gasteiger partial charge >= 0.3 is 0 Å². The zero-order valence-electron chi connectivity index (χ0n) is 11.4. The molecule has 1 unspecified atom stereocenters. The van der Waals surface area contributed by atoms with Gasteiger partial charge in [0.25, 0.3) is 0 Å². The Morgan fingerprint density at radius 3 is 2.42 bits per heavy atom. The van der Waals surface area contributed by atoms with Crippen LogP contribution in [0.4, 0.5) is 0 Å². The van der Waals surface area contributed by atoms with Crippen LogP contribution in [-0.4, -0.2) is 17.8 Å². The number of rotatable bonds is 2. The zero-order chi connectivity index (χ0) is 13.2. The molecule has 2 nitrogen and oxygen atoms in total. The van der Waals surface area contributed by atoms with Crippen molar-refractivity contribution < 1.29 is 0 Å². The Balaban J connectivity index is 1.89. The molecule has 3 rings (SSSR count). The first kappa shape index (κ1) is 12.0. The molecule has 96 valence electrons. The van der Waals surface area contributed by atoms with Crippen molar-refractivity contribution in [3.8, 4) is 0 Å².